The van der Waals surface area contributed by atoms with Crippen LogP contribution >= 0.6 is 0 Å². The zero-order chi connectivity index (χ0) is 19.6. The normalized spacial score (nSPS) is 21.3. The number of morpholine rings is 1. The summed E-state index contributed by atoms with van der Waals surface area (Å²) in [5, 5.41) is 0. The van der Waals surface area contributed by atoms with E-state index < -0.39 is 0 Å². The number of fused-ring (bicyclic) bond motifs is 2. The lowest BCUT2D eigenvalue weighted by Gasteiger charge is -2.43. The summed E-state index contributed by atoms with van der Waals surface area (Å²) >= 11 is 0. The molecule has 2 unspecified atom stereocenters. The molecule has 2 atom stereocenters. The first kappa shape index (κ1) is 20.9. The summed E-state index contributed by atoms with van der Waals surface area (Å²) in [6.07, 6.45) is 13.5. The van der Waals surface area contributed by atoms with Gasteiger partial charge in [0.15, 0.2) is 0 Å². The SMILES string of the molecule is CCCCCCCCCC1=CC2COCC(C1)N2C(=O)OCc1ccccc1. The van der Waals surface area contributed by atoms with Crippen LogP contribution in [0.1, 0.15) is 70.3 Å². The maximum atomic E-state index is 12.7. The van der Waals surface area contributed by atoms with Gasteiger partial charge in [0.2, 0.25) is 0 Å². The second-order valence-corrected chi connectivity index (χ2v) is 8.11. The highest BCUT2D eigenvalue weighted by Crippen LogP contribution is 2.30. The van der Waals surface area contributed by atoms with Gasteiger partial charge >= 0.3 is 6.09 Å². The summed E-state index contributed by atoms with van der Waals surface area (Å²) in [6.45, 7) is 3.78. The predicted molar refractivity (Wildman–Crippen MR) is 112 cm³/mol. The summed E-state index contributed by atoms with van der Waals surface area (Å²) in [5.41, 5.74) is 2.52. The van der Waals surface area contributed by atoms with Crippen LogP contribution < -0.4 is 0 Å². The molecule has 0 spiro atoms. The topological polar surface area (TPSA) is 38.8 Å². The van der Waals surface area contributed by atoms with E-state index in [1.54, 1.807) is 0 Å². The Morgan fingerprint density at radius 1 is 1.07 bits per heavy atom. The summed E-state index contributed by atoms with van der Waals surface area (Å²) in [6, 6.07) is 10.00. The lowest BCUT2D eigenvalue weighted by atomic mass is 9.91. The Labute approximate surface area is 169 Å². The van der Waals surface area contributed by atoms with E-state index in [1.807, 2.05) is 35.2 Å². The van der Waals surface area contributed by atoms with E-state index in [2.05, 4.69) is 13.0 Å². The first-order chi connectivity index (χ1) is 13.8. The maximum Gasteiger partial charge on any atom is 0.411 e. The number of benzene rings is 1. The highest BCUT2D eigenvalue weighted by atomic mass is 16.6. The van der Waals surface area contributed by atoms with Gasteiger partial charge in [0.25, 0.3) is 0 Å². The van der Waals surface area contributed by atoms with Gasteiger partial charge in [-0.15, -0.1) is 0 Å². The average molecular weight is 386 g/mol. The number of carbonyl (C=O) groups excluding carboxylic acids is 1. The Kier molecular flexibility index (Phi) is 8.41. The molecular weight excluding hydrogens is 350 g/mol. The molecule has 3 rings (SSSR count). The van der Waals surface area contributed by atoms with Crippen molar-refractivity contribution in [2.75, 3.05) is 13.2 Å². The minimum absolute atomic E-state index is 0.0235. The maximum absolute atomic E-state index is 12.7. The number of hydrogen-bond acceptors (Lipinski definition) is 3. The lowest BCUT2D eigenvalue weighted by molar-refractivity contribution is -0.0375. The van der Waals surface area contributed by atoms with E-state index in [1.165, 1.54) is 50.5 Å². The molecule has 4 heteroatoms. The highest BCUT2D eigenvalue weighted by molar-refractivity contribution is 5.69. The van der Waals surface area contributed by atoms with Crippen LogP contribution in [0.3, 0.4) is 0 Å². The van der Waals surface area contributed by atoms with Crippen molar-refractivity contribution in [2.24, 2.45) is 0 Å². The molecule has 0 N–H and O–H groups in total. The molecule has 0 radical (unpaired) electrons. The fourth-order valence-corrected chi connectivity index (χ4v) is 4.26. The Bertz CT molecular complexity index is 628. The van der Waals surface area contributed by atoms with Crippen LogP contribution in [0.25, 0.3) is 0 Å². The van der Waals surface area contributed by atoms with Gasteiger partial charge in [-0.05, 0) is 24.8 Å². The molecule has 0 aromatic heterocycles. The average Bonchev–Trinajstić information content (AvgIpc) is 2.71. The third-order valence-electron chi connectivity index (χ3n) is 5.79. The highest BCUT2D eigenvalue weighted by Gasteiger charge is 2.38. The van der Waals surface area contributed by atoms with Crippen molar-refractivity contribution < 1.29 is 14.3 Å². The molecule has 2 heterocycles. The minimum Gasteiger partial charge on any atom is -0.445 e. The molecule has 1 aromatic carbocycles. The van der Waals surface area contributed by atoms with Crippen LogP contribution in [0.4, 0.5) is 4.79 Å². The second kappa shape index (κ2) is 11.3. The van der Waals surface area contributed by atoms with Gasteiger partial charge < -0.3 is 9.47 Å². The Morgan fingerprint density at radius 3 is 2.57 bits per heavy atom. The third-order valence-corrected chi connectivity index (χ3v) is 5.79. The molecule has 1 aromatic rings. The number of hydrogen-bond donors (Lipinski definition) is 0. The van der Waals surface area contributed by atoms with Crippen molar-refractivity contribution in [3.05, 3.63) is 47.5 Å². The Hall–Kier alpha value is -1.81. The summed E-state index contributed by atoms with van der Waals surface area (Å²) in [4.78, 5) is 14.6. The summed E-state index contributed by atoms with van der Waals surface area (Å²) in [5.74, 6) is 0. The van der Waals surface area contributed by atoms with Crippen LogP contribution in [0.15, 0.2) is 42.0 Å². The molecule has 2 bridgehead atoms. The van der Waals surface area contributed by atoms with E-state index in [-0.39, 0.29) is 18.2 Å². The van der Waals surface area contributed by atoms with E-state index in [0.29, 0.717) is 19.8 Å². The van der Waals surface area contributed by atoms with Crippen molar-refractivity contribution in [2.45, 2.75) is 83.4 Å². The standard InChI is InChI=1S/C24H35NO3/c1-2-3-4-5-6-7-9-14-21-15-22-18-27-19-23(16-21)25(22)24(26)28-17-20-12-10-8-11-13-20/h8,10-13,15,22-23H,2-7,9,14,16-19H2,1H3. The number of carbonyl (C=O) groups is 1. The van der Waals surface area contributed by atoms with Crippen LogP contribution in [-0.2, 0) is 16.1 Å². The summed E-state index contributed by atoms with van der Waals surface area (Å²) < 4.78 is 11.3. The van der Waals surface area contributed by atoms with Gasteiger partial charge in [-0.2, -0.15) is 0 Å². The van der Waals surface area contributed by atoms with Crippen molar-refractivity contribution in [1.29, 1.82) is 0 Å². The Balaban J connectivity index is 1.45. The number of nitrogens with zero attached hydrogens (tertiary/aromatic N) is 1. The number of rotatable bonds is 10. The number of amides is 1. The number of unbranched alkanes of at least 4 members (excludes halogenated alkanes) is 6. The Morgan fingerprint density at radius 2 is 1.82 bits per heavy atom. The molecule has 1 amide bonds. The van der Waals surface area contributed by atoms with Gasteiger partial charge in [0, 0.05) is 0 Å². The molecule has 0 saturated carbocycles. The fraction of sp³-hybridized carbons (Fsp3) is 0.625. The summed E-state index contributed by atoms with van der Waals surface area (Å²) in [7, 11) is 0. The van der Waals surface area contributed by atoms with E-state index in [4.69, 9.17) is 9.47 Å². The molecule has 28 heavy (non-hydrogen) atoms. The van der Waals surface area contributed by atoms with E-state index in [9.17, 15) is 4.79 Å². The van der Waals surface area contributed by atoms with Crippen molar-refractivity contribution in [3.63, 3.8) is 0 Å². The smallest absolute Gasteiger partial charge is 0.411 e. The molecule has 1 fully saturated rings. The van der Waals surface area contributed by atoms with Crippen molar-refractivity contribution >= 4 is 6.09 Å². The second-order valence-electron chi connectivity index (χ2n) is 8.11. The molecular formula is C24H35NO3. The molecule has 1 saturated heterocycles. The molecule has 154 valence electrons. The largest absolute Gasteiger partial charge is 0.445 e. The lowest BCUT2D eigenvalue weighted by Crippen LogP contribution is -2.56. The van der Waals surface area contributed by atoms with Crippen LogP contribution in [0.2, 0.25) is 0 Å². The van der Waals surface area contributed by atoms with Gasteiger partial charge in [0.1, 0.15) is 6.61 Å². The third kappa shape index (κ3) is 6.10. The zero-order valence-electron chi connectivity index (χ0n) is 17.3. The first-order valence-electron chi connectivity index (χ1n) is 11.0. The van der Waals surface area contributed by atoms with Gasteiger partial charge in [-0.25, -0.2) is 4.79 Å². The van der Waals surface area contributed by atoms with Gasteiger partial charge in [0.05, 0.1) is 25.3 Å². The molecule has 0 aliphatic carbocycles. The molecule has 2 aliphatic heterocycles. The van der Waals surface area contributed by atoms with Crippen LogP contribution in [-0.4, -0.2) is 36.3 Å². The predicted octanol–water partition coefficient (Wildman–Crippen LogP) is 5.86. The van der Waals surface area contributed by atoms with E-state index >= 15 is 0 Å². The monoisotopic (exact) mass is 385 g/mol. The van der Waals surface area contributed by atoms with Crippen LogP contribution in [0.5, 0.6) is 0 Å². The van der Waals surface area contributed by atoms with Gasteiger partial charge in [-0.3, -0.25) is 4.90 Å². The fourth-order valence-electron chi connectivity index (χ4n) is 4.26. The quantitative estimate of drug-likeness (QED) is 0.374. The van der Waals surface area contributed by atoms with Gasteiger partial charge in [-0.1, -0.05) is 87.4 Å². The van der Waals surface area contributed by atoms with Crippen molar-refractivity contribution in [1.82, 2.24) is 4.90 Å². The van der Waals surface area contributed by atoms with Crippen molar-refractivity contribution in [3.8, 4) is 0 Å². The zero-order valence-corrected chi connectivity index (χ0v) is 17.3. The molecule has 4 nitrogen and oxygen atoms in total. The minimum atomic E-state index is -0.214. The molecule has 2 aliphatic rings. The first-order valence-corrected chi connectivity index (χ1v) is 11.0. The van der Waals surface area contributed by atoms with Crippen LogP contribution in [0, 0.1) is 0 Å². The number of ether oxygens (including phenoxy) is 2. The van der Waals surface area contributed by atoms with E-state index in [0.717, 1.165) is 18.4 Å².